The second-order valence-electron chi connectivity index (χ2n) is 1.97. The molecule has 1 unspecified atom stereocenters. The molecule has 0 radical (unpaired) electrons. The van der Waals surface area contributed by atoms with Crippen molar-refractivity contribution in [3.8, 4) is 0 Å². The van der Waals surface area contributed by atoms with E-state index in [1.165, 1.54) is 0 Å². The summed E-state index contributed by atoms with van der Waals surface area (Å²) < 4.78 is 19.5. The van der Waals surface area contributed by atoms with Gasteiger partial charge in [-0.25, -0.2) is 4.79 Å². The van der Waals surface area contributed by atoms with E-state index in [0.29, 0.717) is 6.61 Å². The second kappa shape index (κ2) is 6.97. The summed E-state index contributed by atoms with van der Waals surface area (Å²) in [6.07, 6.45) is 1.73. The van der Waals surface area contributed by atoms with Crippen molar-refractivity contribution in [1.29, 1.82) is 0 Å². The lowest BCUT2D eigenvalue weighted by Gasteiger charge is -1.89. The minimum Gasteiger partial charge on any atom is -0.350 e. The number of hydrogen-bond donors (Lipinski definition) is 2. The van der Waals surface area contributed by atoms with Crippen LogP contribution in [0.5, 0.6) is 0 Å². The number of primary amides is 1. The molecule has 0 heterocycles. The molecule has 3 N–H and O–H groups in total. The van der Waals surface area contributed by atoms with Crippen LogP contribution >= 0.6 is 8.25 Å². The van der Waals surface area contributed by atoms with Gasteiger partial charge in [0.05, 0.1) is 0 Å². The van der Waals surface area contributed by atoms with Crippen LogP contribution in [0.2, 0.25) is 0 Å². The van der Waals surface area contributed by atoms with Crippen molar-refractivity contribution in [2.45, 2.75) is 19.8 Å². The van der Waals surface area contributed by atoms with Crippen LogP contribution in [0.3, 0.4) is 0 Å². The smallest absolute Gasteiger partial charge is 0.350 e. The number of carbonyl (C=O) groups excluding carboxylic acids is 1. The molecule has 0 spiro atoms. The van der Waals surface area contributed by atoms with Crippen molar-refractivity contribution < 1.29 is 18.5 Å². The van der Waals surface area contributed by atoms with E-state index in [4.69, 9.17) is 0 Å². The zero-order valence-corrected chi connectivity index (χ0v) is 7.67. The van der Waals surface area contributed by atoms with E-state index in [2.05, 4.69) is 14.9 Å². The molecule has 0 rings (SSSR count). The fourth-order valence-electron chi connectivity index (χ4n) is 0.392. The van der Waals surface area contributed by atoms with E-state index >= 15 is 0 Å². The van der Waals surface area contributed by atoms with Crippen LogP contribution in [-0.2, 0) is 13.7 Å². The van der Waals surface area contributed by atoms with E-state index in [-0.39, 0.29) is 0 Å². The van der Waals surface area contributed by atoms with Gasteiger partial charge in [-0.15, -0.1) is 4.52 Å². The molecule has 0 fully saturated rings. The lowest BCUT2D eigenvalue weighted by Crippen LogP contribution is -2.27. The summed E-state index contributed by atoms with van der Waals surface area (Å²) in [6, 6.07) is -0.905. The minimum absolute atomic E-state index is 0.339. The Morgan fingerprint density at radius 3 is 2.83 bits per heavy atom. The monoisotopic (exact) mass is 195 g/mol. The maximum atomic E-state index is 10.7. The van der Waals surface area contributed by atoms with E-state index < -0.39 is 14.3 Å². The molecule has 12 heavy (non-hydrogen) atoms. The molecule has 0 aromatic heterocycles. The third kappa shape index (κ3) is 7.40. The van der Waals surface area contributed by atoms with Gasteiger partial charge in [-0.05, 0) is 6.42 Å². The van der Waals surface area contributed by atoms with Gasteiger partial charge in [-0.1, -0.05) is 13.3 Å². The Balaban J connectivity index is 3.28. The molecule has 0 saturated carbocycles. The number of hydroxylamine groups is 1. The van der Waals surface area contributed by atoms with Crippen LogP contribution in [0, 0.1) is 0 Å². The van der Waals surface area contributed by atoms with Crippen LogP contribution in [-0.4, -0.2) is 12.6 Å². The summed E-state index contributed by atoms with van der Waals surface area (Å²) in [7, 11) is -2.29. The van der Waals surface area contributed by atoms with E-state index in [1.54, 1.807) is 5.48 Å². The van der Waals surface area contributed by atoms with Gasteiger partial charge < -0.3 is 5.73 Å². The van der Waals surface area contributed by atoms with Crippen LogP contribution in [0.15, 0.2) is 0 Å². The first-order valence-electron chi connectivity index (χ1n) is 3.49. The maximum Gasteiger partial charge on any atom is 0.722 e. The topological polar surface area (TPSA) is 90.7 Å². The molecule has 1 atom stereocenters. The first-order chi connectivity index (χ1) is 5.66. The fourth-order valence-corrected chi connectivity index (χ4v) is 0.887. The van der Waals surface area contributed by atoms with Gasteiger partial charge in [0.25, 0.3) is 0 Å². The van der Waals surface area contributed by atoms with Crippen molar-refractivity contribution in [1.82, 2.24) is 5.48 Å². The number of carbonyl (C=O) groups is 1. The predicted octanol–water partition coefficient (Wildman–Crippen LogP) is 1.06. The number of urea groups is 1. The molecule has 7 heteroatoms. The highest BCUT2D eigenvalue weighted by atomic mass is 31.1. The number of unbranched alkanes of at least 4 members (excludes halogenated alkanes) is 1. The van der Waals surface area contributed by atoms with Crippen molar-refractivity contribution in [3.05, 3.63) is 0 Å². The SMILES string of the molecule is CCCCO[P+](=O)ONC(N)=O. The second-order valence-corrected chi connectivity index (χ2v) is 2.86. The third-order valence-corrected chi connectivity index (χ3v) is 1.55. The summed E-state index contributed by atoms with van der Waals surface area (Å²) in [5.41, 5.74) is 6.34. The molecule has 2 amide bonds. The van der Waals surface area contributed by atoms with Gasteiger partial charge in [0.15, 0.2) is 0 Å². The standard InChI is InChI=1S/C5H11N2O4P/c1-2-3-4-10-12(9)11-7-5(6)8/h2-4H2,1H3,(H2-,6,7,8)/p+1. The summed E-state index contributed by atoms with van der Waals surface area (Å²) in [5.74, 6) is 0. The Morgan fingerprint density at radius 2 is 2.33 bits per heavy atom. The molecule has 6 nitrogen and oxygen atoms in total. The average Bonchev–Trinajstić information content (AvgIpc) is 2.01. The average molecular weight is 195 g/mol. The molecule has 0 bridgehead atoms. The molecular formula is C5H12N2O4P+. The first-order valence-corrected chi connectivity index (χ1v) is 4.59. The van der Waals surface area contributed by atoms with E-state index in [9.17, 15) is 9.36 Å². The zero-order valence-electron chi connectivity index (χ0n) is 6.78. The quantitative estimate of drug-likeness (QED) is 0.376. The maximum absolute atomic E-state index is 10.7. The lowest BCUT2D eigenvalue weighted by atomic mass is 10.4. The first kappa shape index (κ1) is 11.3. The highest BCUT2D eigenvalue weighted by Crippen LogP contribution is 2.21. The number of rotatable bonds is 6. The van der Waals surface area contributed by atoms with Gasteiger partial charge in [-0.3, -0.25) is 0 Å². The van der Waals surface area contributed by atoms with Crippen LogP contribution in [0.25, 0.3) is 0 Å². The molecule has 0 aromatic carbocycles. The van der Waals surface area contributed by atoms with Crippen molar-refractivity contribution >= 4 is 14.3 Å². The van der Waals surface area contributed by atoms with Crippen LogP contribution < -0.4 is 11.2 Å². The molecule has 0 saturated heterocycles. The Kier molecular flexibility index (Phi) is 6.55. The van der Waals surface area contributed by atoms with E-state index in [0.717, 1.165) is 12.8 Å². The normalized spacial score (nSPS) is 10.9. The van der Waals surface area contributed by atoms with Gasteiger partial charge >= 0.3 is 14.3 Å². The third-order valence-electron chi connectivity index (χ3n) is 0.915. The minimum atomic E-state index is -2.29. The Morgan fingerprint density at radius 1 is 1.67 bits per heavy atom. The summed E-state index contributed by atoms with van der Waals surface area (Å²) >= 11 is 0. The number of hydrogen-bond acceptors (Lipinski definition) is 4. The van der Waals surface area contributed by atoms with Gasteiger partial charge in [0.1, 0.15) is 6.61 Å². The molecular weight excluding hydrogens is 183 g/mol. The predicted molar refractivity (Wildman–Crippen MR) is 42.3 cm³/mol. The van der Waals surface area contributed by atoms with Crippen molar-refractivity contribution in [3.63, 3.8) is 0 Å². The van der Waals surface area contributed by atoms with Gasteiger partial charge in [0.2, 0.25) is 0 Å². The molecule has 0 aromatic rings. The van der Waals surface area contributed by atoms with Crippen molar-refractivity contribution in [2.24, 2.45) is 5.73 Å². The van der Waals surface area contributed by atoms with Gasteiger partial charge in [-0.2, -0.15) is 5.48 Å². The largest absolute Gasteiger partial charge is 0.722 e. The fraction of sp³-hybridized carbons (Fsp3) is 0.800. The van der Waals surface area contributed by atoms with Crippen LogP contribution in [0.1, 0.15) is 19.8 Å². The van der Waals surface area contributed by atoms with Crippen molar-refractivity contribution in [2.75, 3.05) is 6.61 Å². The summed E-state index contributed by atoms with van der Waals surface area (Å²) in [4.78, 5) is 10.0. The summed E-state index contributed by atoms with van der Waals surface area (Å²) in [5, 5.41) is 0. The Labute approximate surface area is 71.3 Å². The number of nitrogens with one attached hydrogen (secondary N) is 1. The van der Waals surface area contributed by atoms with Crippen LogP contribution in [0.4, 0.5) is 4.79 Å². The molecule has 70 valence electrons. The van der Waals surface area contributed by atoms with Gasteiger partial charge in [0, 0.05) is 9.19 Å². The highest BCUT2D eigenvalue weighted by Gasteiger charge is 2.21. The number of amides is 2. The Bertz CT molecular complexity index is 164. The van der Waals surface area contributed by atoms with E-state index in [1.807, 2.05) is 6.92 Å². The zero-order chi connectivity index (χ0) is 9.40. The number of nitrogens with two attached hydrogens (primary N) is 1. The Hall–Kier alpha value is -0.710. The molecule has 0 aliphatic rings. The lowest BCUT2D eigenvalue weighted by molar-refractivity contribution is 0.160. The highest BCUT2D eigenvalue weighted by molar-refractivity contribution is 7.33. The molecule has 0 aliphatic heterocycles. The summed E-state index contributed by atoms with van der Waals surface area (Å²) in [6.45, 7) is 2.31. The molecule has 0 aliphatic carbocycles.